The lowest BCUT2D eigenvalue weighted by atomic mass is 9.82. The number of pyridine rings is 1. The van der Waals surface area contributed by atoms with E-state index in [1.54, 1.807) is 0 Å². The second kappa shape index (κ2) is 11.0. The molecule has 1 aromatic heterocycles. The molecule has 0 bridgehead atoms. The molecule has 1 aliphatic carbocycles. The Morgan fingerprint density at radius 3 is 2.19 bits per heavy atom. The molecule has 0 radical (unpaired) electrons. The predicted octanol–water partition coefficient (Wildman–Crippen LogP) is 11.4. The number of hydrogen-bond acceptors (Lipinski definition) is 3. The molecule has 8 rings (SSSR count). The van der Waals surface area contributed by atoms with Crippen LogP contribution in [0.2, 0.25) is 0 Å². The van der Waals surface area contributed by atoms with Crippen molar-refractivity contribution in [2.45, 2.75) is 62.2 Å². The highest BCUT2D eigenvalue weighted by atomic mass is 32.2. The summed E-state index contributed by atoms with van der Waals surface area (Å²) in [5, 5.41) is 10.8. The van der Waals surface area contributed by atoms with Gasteiger partial charge in [-0.25, -0.2) is 4.98 Å². The summed E-state index contributed by atoms with van der Waals surface area (Å²) in [5.41, 5.74) is 5.06. The van der Waals surface area contributed by atoms with Gasteiger partial charge in [-0.3, -0.25) is 0 Å². The number of benzene rings is 6. The SMILES string of the molecule is CCN(CC)c1cccc2c1cc1c(CC3CCCCC3)cc3nc4cc(Sc5ccccc5)ccc4c4ccc2c1c34. The highest BCUT2D eigenvalue weighted by Gasteiger charge is 2.22. The lowest BCUT2D eigenvalue weighted by Gasteiger charge is -2.26. The summed E-state index contributed by atoms with van der Waals surface area (Å²) in [6, 6.07) is 34.1. The molecule has 3 heteroatoms. The fraction of sp³-hybridized carbons (Fsp3) is 0.275. The minimum absolute atomic E-state index is 0.763. The molecule has 43 heavy (non-hydrogen) atoms. The van der Waals surface area contributed by atoms with Crippen molar-refractivity contribution < 1.29 is 0 Å². The normalized spacial score (nSPS) is 14.6. The van der Waals surface area contributed by atoms with Crippen molar-refractivity contribution in [3.8, 4) is 0 Å². The zero-order valence-corrected chi connectivity index (χ0v) is 26.0. The van der Waals surface area contributed by atoms with E-state index in [1.165, 1.54) is 96.2 Å². The number of rotatable bonds is 7. The molecule has 0 unspecified atom stereocenters. The smallest absolute Gasteiger partial charge is 0.0727 e. The zero-order valence-electron chi connectivity index (χ0n) is 25.2. The second-order valence-corrected chi connectivity index (χ2v) is 13.5. The van der Waals surface area contributed by atoms with Crippen LogP contribution in [0.5, 0.6) is 0 Å². The molecule has 214 valence electrons. The van der Waals surface area contributed by atoms with E-state index in [4.69, 9.17) is 4.98 Å². The third kappa shape index (κ3) is 4.60. The molecule has 0 aliphatic heterocycles. The molecule has 1 aliphatic rings. The van der Waals surface area contributed by atoms with Gasteiger partial charge in [0, 0.05) is 44.7 Å². The van der Waals surface area contributed by atoms with Gasteiger partial charge in [-0.05, 0) is 101 Å². The quantitative estimate of drug-likeness (QED) is 0.138. The summed E-state index contributed by atoms with van der Waals surface area (Å²) in [5.74, 6) is 0.763. The minimum Gasteiger partial charge on any atom is -0.372 e. The van der Waals surface area contributed by atoms with Crippen molar-refractivity contribution in [2.24, 2.45) is 5.92 Å². The van der Waals surface area contributed by atoms with E-state index in [1.807, 2.05) is 11.8 Å². The summed E-state index contributed by atoms with van der Waals surface area (Å²) < 4.78 is 0. The van der Waals surface area contributed by atoms with E-state index in [9.17, 15) is 0 Å². The summed E-state index contributed by atoms with van der Waals surface area (Å²) >= 11 is 1.81. The Morgan fingerprint density at radius 2 is 1.40 bits per heavy atom. The van der Waals surface area contributed by atoms with E-state index >= 15 is 0 Å². The van der Waals surface area contributed by atoms with Crippen molar-refractivity contribution in [2.75, 3.05) is 18.0 Å². The van der Waals surface area contributed by atoms with Gasteiger partial charge >= 0.3 is 0 Å². The van der Waals surface area contributed by atoms with Gasteiger partial charge in [0.15, 0.2) is 0 Å². The fourth-order valence-electron chi connectivity index (χ4n) is 7.77. The van der Waals surface area contributed by atoms with Crippen LogP contribution in [0, 0.1) is 5.92 Å². The average molecular weight is 579 g/mol. The minimum atomic E-state index is 0.763. The predicted molar refractivity (Wildman–Crippen MR) is 187 cm³/mol. The van der Waals surface area contributed by atoms with Crippen LogP contribution in [-0.2, 0) is 6.42 Å². The molecule has 1 heterocycles. The molecule has 1 fully saturated rings. The Morgan fingerprint density at radius 1 is 0.628 bits per heavy atom. The first-order valence-electron chi connectivity index (χ1n) is 16.2. The molecule has 2 nitrogen and oxygen atoms in total. The molecular weight excluding hydrogens is 541 g/mol. The van der Waals surface area contributed by atoms with Crippen LogP contribution in [-0.4, -0.2) is 18.1 Å². The van der Waals surface area contributed by atoms with Crippen molar-refractivity contribution in [3.63, 3.8) is 0 Å². The maximum atomic E-state index is 5.42. The summed E-state index contributed by atoms with van der Waals surface area (Å²) in [6.45, 7) is 6.55. The number of hydrogen-bond donors (Lipinski definition) is 0. The second-order valence-electron chi connectivity index (χ2n) is 12.3. The van der Waals surface area contributed by atoms with Crippen molar-refractivity contribution in [1.82, 2.24) is 4.98 Å². The molecule has 0 spiro atoms. The van der Waals surface area contributed by atoms with Crippen molar-refractivity contribution >= 4 is 71.6 Å². The van der Waals surface area contributed by atoms with Crippen LogP contribution in [0.15, 0.2) is 101 Å². The van der Waals surface area contributed by atoms with Crippen molar-refractivity contribution in [1.29, 1.82) is 0 Å². The van der Waals surface area contributed by atoms with Gasteiger partial charge < -0.3 is 4.90 Å². The molecule has 0 atom stereocenters. The number of fused-ring (bicyclic) bond motifs is 4. The van der Waals surface area contributed by atoms with E-state index in [2.05, 4.69) is 110 Å². The topological polar surface area (TPSA) is 16.1 Å². The first-order chi connectivity index (χ1) is 21.2. The number of aromatic nitrogens is 1. The maximum Gasteiger partial charge on any atom is 0.0727 e. The highest BCUT2D eigenvalue weighted by Crippen LogP contribution is 2.45. The molecular formula is C40H38N2S. The van der Waals surface area contributed by atoms with E-state index in [0.29, 0.717) is 0 Å². The summed E-state index contributed by atoms with van der Waals surface area (Å²) in [7, 11) is 0. The van der Waals surface area contributed by atoms with Crippen molar-refractivity contribution in [3.05, 3.63) is 96.6 Å². The van der Waals surface area contributed by atoms with E-state index in [0.717, 1.165) is 36.5 Å². The van der Waals surface area contributed by atoms with Gasteiger partial charge in [0.2, 0.25) is 0 Å². The Hall–Kier alpha value is -3.82. The number of nitrogens with zero attached hydrogens (tertiary/aromatic N) is 2. The summed E-state index contributed by atoms with van der Waals surface area (Å²) in [4.78, 5) is 10.4. The van der Waals surface area contributed by atoms with Crippen LogP contribution in [0.25, 0.3) is 54.1 Å². The Balaban J connectivity index is 1.40. The maximum absolute atomic E-state index is 5.42. The fourth-order valence-corrected chi connectivity index (χ4v) is 8.64. The third-order valence-electron chi connectivity index (χ3n) is 9.87. The Bertz CT molecular complexity index is 2090. The van der Waals surface area contributed by atoms with Crippen LogP contribution >= 0.6 is 11.8 Å². The monoisotopic (exact) mass is 578 g/mol. The zero-order chi connectivity index (χ0) is 28.9. The molecule has 6 aromatic carbocycles. The first kappa shape index (κ1) is 26.8. The lowest BCUT2D eigenvalue weighted by molar-refractivity contribution is 0.357. The van der Waals surface area contributed by atoms with Gasteiger partial charge in [-0.2, -0.15) is 0 Å². The third-order valence-corrected chi connectivity index (χ3v) is 10.9. The van der Waals surface area contributed by atoms with E-state index < -0.39 is 0 Å². The molecule has 0 N–H and O–H groups in total. The van der Waals surface area contributed by atoms with Crippen LogP contribution in [0.4, 0.5) is 5.69 Å². The molecule has 1 saturated carbocycles. The molecule has 0 amide bonds. The average Bonchev–Trinajstić information content (AvgIpc) is 3.05. The highest BCUT2D eigenvalue weighted by molar-refractivity contribution is 7.99. The van der Waals surface area contributed by atoms with Gasteiger partial charge in [-0.15, -0.1) is 0 Å². The molecule has 0 saturated heterocycles. The molecule has 7 aromatic rings. The largest absolute Gasteiger partial charge is 0.372 e. The lowest BCUT2D eigenvalue weighted by Crippen LogP contribution is -2.21. The Labute approximate surface area is 258 Å². The van der Waals surface area contributed by atoms with Gasteiger partial charge in [0.25, 0.3) is 0 Å². The van der Waals surface area contributed by atoms with Crippen LogP contribution < -0.4 is 4.90 Å². The first-order valence-corrected chi connectivity index (χ1v) is 17.0. The van der Waals surface area contributed by atoms with Crippen LogP contribution in [0.3, 0.4) is 0 Å². The standard InChI is InChI=1S/C40H38N2S/c1-3-42(4-2)38-17-11-16-30-32-20-21-33-31-19-18-29(43-28-14-9-6-10-15-28)24-36(31)41-37-23-27(22-26-12-7-5-8-13-26)34(25-35(30)38)39(32)40(33)37/h6,9-11,14-21,23-26H,3-5,7-8,12-13,22H2,1-2H3. The van der Waals surface area contributed by atoms with Crippen LogP contribution in [0.1, 0.15) is 51.5 Å². The summed E-state index contributed by atoms with van der Waals surface area (Å²) in [6.07, 6.45) is 7.97. The van der Waals surface area contributed by atoms with Gasteiger partial charge in [-0.1, -0.05) is 92.4 Å². The number of anilines is 1. The van der Waals surface area contributed by atoms with E-state index in [-0.39, 0.29) is 0 Å². The Kier molecular flexibility index (Phi) is 6.87. The van der Waals surface area contributed by atoms with Gasteiger partial charge in [0.05, 0.1) is 11.0 Å². The van der Waals surface area contributed by atoms with Gasteiger partial charge in [0.1, 0.15) is 0 Å².